The summed E-state index contributed by atoms with van der Waals surface area (Å²) in [5.41, 5.74) is 3.83. The first-order valence-electron chi connectivity index (χ1n) is 11.0. The number of hydrogen-bond donors (Lipinski definition) is 1. The monoisotopic (exact) mass is 510 g/mol. The number of hydrogen-bond acceptors (Lipinski definition) is 5. The van der Waals surface area contributed by atoms with Gasteiger partial charge >= 0.3 is 0 Å². The lowest BCUT2D eigenvalue weighted by Crippen LogP contribution is -2.33. The van der Waals surface area contributed by atoms with Crippen molar-refractivity contribution in [2.45, 2.75) is 12.5 Å². The second-order valence-electron chi connectivity index (χ2n) is 8.47. The molecular formula is C26H21Cl2FN4O2. The Labute approximate surface area is 211 Å². The van der Waals surface area contributed by atoms with Crippen LogP contribution in [-0.4, -0.2) is 36.6 Å². The van der Waals surface area contributed by atoms with E-state index in [-0.39, 0.29) is 17.8 Å². The summed E-state index contributed by atoms with van der Waals surface area (Å²) in [6.45, 7) is 0.384. The maximum Gasteiger partial charge on any atom is 0.255 e. The number of nitrogens with one attached hydrogen (secondary N) is 1. The van der Waals surface area contributed by atoms with E-state index in [9.17, 15) is 9.18 Å². The molecule has 1 aliphatic heterocycles. The summed E-state index contributed by atoms with van der Waals surface area (Å²) >= 11 is 12.4. The molecule has 0 aliphatic carbocycles. The normalized spacial score (nSPS) is 14.8. The van der Waals surface area contributed by atoms with Crippen molar-refractivity contribution in [2.24, 2.45) is 0 Å². The molecule has 6 nitrogen and oxygen atoms in total. The molecule has 0 saturated heterocycles. The van der Waals surface area contributed by atoms with Gasteiger partial charge in [-0.05, 0) is 30.3 Å². The first kappa shape index (κ1) is 23.3. The number of rotatable bonds is 4. The van der Waals surface area contributed by atoms with E-state index in [0.717, 1.165) is 16.5 Å². The Morgan fingerprint density at radius 2 is 1.89 bits per heavy atom. The van der Waals surface area contributed by atoms with Crippen molar-refractivity contribution in [1.82, 2.24) is 15.3 Å². The van der Waals surface area contributed by atoms with E-state index in [1.54, 1.807) is 36.7 Å². The number of pyridine rings is 2. The summed E-state index contributed by atoms with van der Waals surface area (Å²) in [6.07, 6.45) is 3.80. The average molecular weight is 511 g/mol. The summed E-state index contributed by atoms with van der Waals surface area (Å²) < 4.78 is 19.2. The van der Waals surface area contributed by atoms with Crippen molar-refractivity contribution in [3.63, 3.8) is 0 Å². The number of benzene rings is 2. The molecule has 0 saturated carbocycles. The molecule has 5 rings (SSSR count). The molecule has 178 valence electrons. The van der Waals surface area contributed by atoms with E-state index < -0.39 is 0 Å². The van der Waals surface area contributed by atoms with Crippen LogP contribution >= 0.6 is 23.2 Å². The zero-order valence-corrected chi connectivity index (χ0v) is 20.5. The van der Waals surface area contributed by atoms with E-state index in [1.165, 1.54) is 12.1 Å². The quantitative estimate of drug-likeness (QED) is 0.361. The van der Waals surface area contributed by atoms with Gasteiger partial charge in [0.05, 0.1) is 35.1 Å². The summed E-state index contributed by atoms with van der Waals surface area (Å²) in [5.74, 6) is -0.217. The summed E-state index contributed by atoms with van der Waals surface area (Å²) in [4.78, 5) is 24.5. The molecule has 0 radical (unpaired) electrons. The number of ether oxygens (including phenoxy) is 1. The second kappa shape index (κ2) is 9.32. The Kier molecular flexibility index (Phi) is 6.21. The van der Waals surface area contributed by atoms with E-state index in [2.05, 4.69) is 15.3 Å². The number of halogens is 3. The van der Waals surface area contributed by atoms with Gasteiger partial charge in [0.1, 0.15) is 11.6 Å². The highest BCUT2D eigenvalue weighted by molar-refractivity contribution is 6.35. The molecule has 0 unspecified atom stereocenters. The third kappa shape index (κ3) is 4.49. The van der Waals surface area contributed by atoms with Gasteiger partial charge in [0.25, 0.3) is 5.91 Å². The summed E-state index contributed by atoms with van der Waals surface area (Å²) in [6, 6.07) is 11.1. The molecule has 0 bridgehead atoms. The first-order valence-corrected chi connectivity index (χ1v) is 11.7. The molecule has 9 heteroatoms. The lowest BCUT2D eigenvalue weighted by molar-refractivity contribution is 0.0925. The topological polar surface area (TPSA) is 67.4 Å². The number of aromatic nitrogens is 2. The van der Waals surface area contributed by atoms with Gasteiger partial charge in [-0.25, -0.2) is 4.39 Å². The minimum atomic E-state index is -0.380. The van der Waals surface area contributed by atoms with Gasteiger partial charge in [-0.2, -0.15) is 0 Å². The Hall–Kier alpha value is -3.42. The zero-order chi connectivity index (χ0) is 24.7. The van der Waals surface area contributed by atoms with Gasteiger partial charge in [0.15, 0.2) is 0 Å². The Bertz CT molecular complexity index is 1440. The number of amides is 1. The average Bonchev–Trinajstić information content (AvgIpc) is 2.82. The third-order valence-electron chi connectivity index (χ3n) is 5.91. The largest absolute Gasteiger partial charge is 0.493 e. The number of carbonyl (C=O) groups excluding carboxylic acids is 1. The summed E-state index contributed by atoms with van der Waals surface area (Å²) in [7, 11) is 3.74. The fourth-order valence-electron chi connectivity index (χ4n) is 4.41. The molecule has 1 N–H and O–H groups in total. The molecule has 1 amide bonds. The fraction of sp³-hybridized carbons (Fsp3) is 0.192. The van der Waals surface area contributed by atoms with Gasteiger partial charge in [-0.3, -0.25) is 14.8 Å². The van der Waals surface area contributed by atoms with Gasteiger partial charge < -0.3 is 15.0 Å². The maximum atomic E-state index is 13.6. The van der Waals surface area contributed by atoms with Crippen LogP contribution < -0.4 is 15.0 Å². The molecule has 2 aromatic carbocycles. The van der Waals surface area contributed by atoms with Gasteiger partial charge in [0.2, 0.25) is 0 Å². The van der Waals surface area contributed by atoms with E-state index in [0.29, 0.717) is 51.3 Å². The van der Waals surface area contributed by atoms with Gasteiger partial charge in [-0.1, -0.05) is 29.3 Å². The maximum absolute atomic E-state index is 13.6. The van der Waals surface area contributed by atoms with E-state index in [4.69, 9.17) is 27.9 Å². The van der Waals surface area contributed by atoms with Gasteiger partial charge in [0, 0.05) is 65.5 Å². The highest BCUT2D eigenvalue weighted by Crippen LogP contribution is 2.36. The van der Waals surface area contributed by atoms with Crippen LogP contribution in [0, 0.1) is 5.82 Å². The van der Waals surface area contributed by atoms with Crippen molar-refractivity contribution < 1.29 is 13.9 Å². The SMILES string of the molecule is CN(C)c1c(C(=O)N[C@H]2CCOc3cc(F)ccc32)cnc2c(-c3cc(Cl)cc(Cl)c3)nccc12. The highest BCUT2D eigenvalue weighted by atomic mass is 35.5. The standard InChI is InChI=1S/C26H21Cl2FN4O2/c1-33(2)25-19-5-7-30-23(14-9-15(27)11-16(28)10-14)24(19)31-13-20(25)26(34)32-21-6-8-35-22-12-17(29)3-4-18(21)22/h3-5,7,9-13,21H,6,8H2,1-2H3,(H,32,34)/t21-/m0/s1. The van der Waals surface area contributed by atoms with Crippen LogP contribution in [0.25, 0.3) is 22.2 Å². The minimum Gasteiger partial charge on any atom is -0.493 e. The molecule has 2 aromatic heterocycles. The van der Waals surface area contributed by atoms with Crippen LogP contribution in [0.4, 0.5) is 10.1 Å². The molecule has 4 aromatic rings. The molecule has 35 heavy (non-hydrogen) atoms. The molecular weight excluding hydrogens is 490 g/mol. The van der Waals surface area contributed by atoms with Crippen molar-refractivity contribution in [2.75, 3.05) is 25.6 Å². The molecule has 3 heterocycles. The number of fused-ring (bicyclic) bond motifs is 2. The Balaban J connectivity index is 1.57. The minimum absolute atomic E-state index is 0.283. The van der Waals surface area contributed by atoms with Crippen LogP contribution in [0.5, 0.6) is 5.75 Å². The predicted molar refractivity (Wildman–Crippen MR) is 136 cm³/mol. The lowest BCUT2D eigenvalue weighted by atomic mass is 9.99. The van der Waals surface area contributed by atoms with Crippen LogP contribution in [-0.2, 0) is 0 Å². The third-order valence-corrected chi connectivity index (χ3v) is 6.34. The van der Waals surface area contributed by atoms with Crippen LogP contribution in [0.1, 0.15) is 28.4 Å². The number of nitrogens with zero attached hydrogens (tertiary/aromatic N) is 3. The first-order chi connectivity index (χ1) is 16.8. The van der Waals surface area contributed by atoms with Crippen molar-refractivity contribution in [3.8, 4) is 17.0 Å². The van der Waals surface area contributed by atoms with E-state index >= 15 is 0 Å². The zero-order valence-electron chi connectivity index (χ0n) is 19.0. The number of anilines is 1. The smallest absolute Gasteiger partial charge is 0.255 e. The molecule has 0 spiro atoms. The summed E-state index contributed by atoms with van der Waals surface area (Å²) in [5, 5.41) is 4.82. The predicted octanol–water partition coefficient (Wildman–Crippen LogP) is 6.06. The van der Waals surface area contributed by atoms with Crippen LogP contribution in [0.15, 0.2) is 54.9 Å². The van der Waals surface area contributed by atoms with Crippen molar-refractivity contribution in [1.29, 1.82) is 0 Å². The Morgan fingerprint density at radius 3 is 2.63 bits per heavy atom. The van der Waals surface area contributed by atoms with E-state index in [1.807, 2.05) is 25.1 Å². The second-order valence-corrected chi connectivity index (χ2v) is 9.35. The van der Waals surface area contributed by atoms with Gasteiger partial charge in [-0.15, -0.1) is 0 Å². The van der Waals surface area contributed by atoms with Crippen LogP contribution in [0.2, 0.25) is 10.0 Å². The van der Waals surface area contributed by atoms with Crippen molar-refractivity contribution >= 4 is 45.7 Å². The van der Waals surface area contributed by atoms with Crippen LogP contribution in [0.3, 0.4) is 0 Å². The number of carbonyl (C=O) groups is 1. The molecule has 0 fully saturated rings. The fourth-order valence-corrected chi connectivity index (χ4v) is 4.94. The Morgan fingerprint density at radius 1 is 1.11 bits per heavy atom. The van der Waals surface area contributed by atoms with Crippen molar-refractivity contribution in [3.05, 3.63) is 81.8 Å². The molecule has 1 aliphatic rings. The molecule has 1 atom stereocenters. The lowest BCUT2D eigenvalue weighted by Gasteiger charge is -2.27. The highest BCUT2D eigenvalue weighted by Gasteiger charge is 2.26.